The highest BCUT2D eigenvalue weighted by molar-refractivity contribution is 7.90. The summed E-state index contributed by atoms with van der Waals surface area (Å²) in [5.74, 6) is 2.19. The summed E-state index contributed by atoms with van der Waals surface area (Å²) in [5.41, 5.74) is 2.84. The van der Waals surface area contributed by atoms with Crippen LogP contribution in [0.15, 0.2) is 62.8 Å². The Kier molecular flexibility index (Phi) is 5.15. The predicted molar refractivity (Wildman–Crippen MR) is 114 cm³/mol. The Morgan fingerprint density at radius 2 is 1.66 bits per heavy atom. The number of rotatable bonds is 6. The van der Waals surface area contributed by atoms with Crippen molar-refractivity contribution in [2.24, 2.45) is 0 Å². The molecule has 0 radical (unpaired) electrons. The summed E-state index contributed by atoms with van der Waals surface area (Å²) in [4.78, 5) is 14.9. The molecule has 0 spiro atoms. The molecule has 8 nitrogen and oxygen atoms in total. The number of fused-ring (bicyclic) bond motifs is 2. The largest absolute Gasteiger partial charge is 0.482 e. The van der Waals surface area contributed by atoms with Gasteiger partial charge in [-0.05, 0) is 41.0 Å². The zero-order valence-electron chi connectivity index (χ0n) is 17.4. The lowest BCUT2D eigenvalue weighted by Gasteiger charge is -2.14. The molecule has 0 saturated heterocycles. The van der Waals surface area contributed by atoms with Gasteiger partial charge in [0, 0.05) is 25.4 Å². The number of ether oxygens (including phenoxy) is 3. The maximum Gasteiger partial charge on any atom is 0.231 e. The monoisotopic (exact) mass is 455 g/mol. The fraction of sp³-hybridized carbons (Fsp3) is 0.261. The second-order valence-corrected chi connectivity index (χ2v) is 9.91. The van der Waals surface area contributed by atoms with Crippen molar-refractivity contribution >= 4 is 9.84 Å². The van der Waals surface area contributed by atoms with E-state index in [0.29, 0.717) is 12.3 Å². The second-order valence-electron chi connectivity index (χ2n) is 7.90. The molecular weight excluding hydrogens is 434 g/mol. The normalized spacial score (nSPS) is 15.0. The number of hydrogen-bond donors (Lipinski definition) is 0. The summed E-state index contributed by atoms with van der Waals surface area (Å²) in [6.45, 7) is 2.34. The average Bonchev–Trinajstić information content (AvgIpc) is 3.36. The van der Waals surface area contributed by atoms with E-state index in [0.717, 1.165) is 36.4 Å². The number of hydrogen-bond acceptors (Lipinski definition) is 8. The van der Waals surface area contributed by atoms with Gasteiger partial charge < -0.3 is 18.6 Å². The molecule has 32 heavy (non-hydrogen) atoms. The van der Waals surface area contributed by atoms with Crippen molar-refractivity contribution in [3.8, 4) is 17.2 Å². The molecule has 0 N–H and O–H groups in total. The summed E-state index contributed by atoms with van der Waals surface area (Å²) < 4.78 is 45.2. The van der Waals surface area contributed by atoms with Crippen molar-refractivity contribution in [2.75, 3.05) is 13.0 Å². The molecule has 0 unspecified atom stereocenters. The van der Waals surface area contributed by atoms with Crippen LogP contribution >= 0.6 is 0 Å². The van der Waals surface area contributed by atoms with Gasteiger partial charge in [-0.15, -0.1) is 0 Å². The first-order valence-electron chi connectivity index (χ1n) is 10.0. The van der Waals surface area contributed by atoms with Crippen molar-refractivity contribution in [3.05, 3.63) is 81.4 Å². The smallest absolute Gasteiger partial charge is 0.231 e. The molecule has 3 aromatic rings. The highest BCUT2D eigenvalue weighted by Crippen LogP contribution is 2.38. The van der Waals surface area contributed by atoms with E-state index in [9.17, 15) is 13.2 Å². The summed E-state index contributed by atoms with van der Waals surface area (Å²) in [7, 11) is -3.25. The maximum atomic E-state index is 12.5. The minimum atomic E-state index is -3.25. The van der Waals surface area contributed by atoms with E-state index in [1.54, 1.807) is 12.1 Å². The van der Waals surface area contributed by atoms with Crippen molar-refractivity contribution in [1.29, 1.82) is 0 Å². The highest BCUT2D eigenvalue weighted by Gasteiger charge is 2.25. The minimum Gasteiger partial charge on any atom is -0.482 e. The van der Waals surface area contributed by atoms with Crippen LogP contribution < -0.4 is 19.6 Å². The van der Waals surface area contributed by atoms with E-state index in [-0.39, 0.29) is 29.5 Å². The van der Waals surface area contributed by atoms with Crippen LogP contribution in [-0.4, -0.2) is 26.4 Å². The molecule has 2 aromatic carbocycles. The third-order valence-electron chi connectivity index (χ3n) is 5.46. The lowest BCUT2D eigenvalue weighted by Crippen LogP contribution is -2.17. The quantitative estimate of drug-likeness (QED) is 0.560. The molecule has 0 atom stereocenters. The van der Waals surface area contributed by atoms with Crippen LogP contribution in [-0.2, 0) is 36.1 Å². The van der Waals surface area contributed by atoms with E-state index >= 15 is 0 Å². The van der Waals surface area contributed by atoms with Crippen LogP contribution in [0, 0.1) is 0 Å². The molecule has 2 aliphatic rings. The molecule has 9 heteroatoms. The lowest BCUT2D eigenvalue weighted by molar-refractivity contribution is 0.173. The third kappa shape index (κ3) is 4.21. The molecule has 0 saturated carbocycles. The number of sulfone groups is 1. The van der Waals surface area contributed by atoms with Crippen LogP contribution in [0.2, 0.25) is 0 Å². The van der Waals surface area contributed by atoms with Gasteiger partial charge in [0.15, 0.2) is 21.3 Å². The maximum absolute atomic E-state index is 12.5. The highest BCUT2D eigenvalue weighted by atomic mass is 32.2. The molecule has 3 heterocycles. The zero-order chi connectivity index (χ0) is 22.3. The summed E-state index contributed by atoms with van der Waals surface area (Å²) in [6, 6.07) is 11.8. The SMILES string of the molecule is CS(=O)(=O)c1ccc(COc2coc(CN3Cc4cc5c(cc4C3)OCO5)cc2=O)cc1. The van der Waals surface area contributed by atoms with E-state index in [1.165, 1.54) is 35.6 Å². The van der Waals surface area contributed by atoms with E-state index in [4.69, 9.17) is 18.6 Å². The topological polar surface area (TPSA) is 95.3 Å². The third-order valence-corrected chi connectivity index (χ3v) is 6.59. The molecule has 0 bridgehead atoms. The van der Waals surface area contributed by atoms with Gasteiger partial charge in [0.25, 0.3) is 0 Å². The molecule has 0 fully saturated rings. The van der Waals surface area contributed by atoms with Gasteiger partial charge in [-0.2, -0.15) is 0 Å². The fourth-order valence-electron chi connectivity index (χ4n) is 3.81. The Labute approximate surface area is 184 Å². The van der Waals surface area contributed by atoms with Gasteiger partial charge in [0.1, 0.15) is 18.6 Å². The van der Waals surface area contributed by atoms with Crippen LogP contribution in [0.5, 0.6) is 17.2 Å². The van der Waals surface area contributed by atoms with Crippen LogP contribution in [0.4, 0.5) is 0 Å². The van der Waals surface area contributed by atoms with Crippen LogP contribution in [0.3, 0.4) is 0 Å². The molecular formula is C23H21NO7S. The molecule has 0 amide bonds. The van der Waals surface area contributed by atoms with Gasteiger partial charge in [-0.25, -0.2) is 8.42 Å². The van der Waals surface area contributed by atoms with Gasteiger partial charge in [-0.3, -0.25) is 9.69 Å². The van der Waals surface area contributed by atoms with Gasteiger partial charge in [0.05, 0.1) is 11.4 Å². The first-order valence-corrected chi connectivity index (χ1v) is 11.9. The molecule has 1 aromatic heterocycles. The zero-order valence-corrected chi connectivity index (χ0v) is 18.2. The fourth-order valence-corrected chi connectivity index (χ4v) is 4.44. The molecule has 5 rings (SSSR count). The molecule has 0 aliphatic carbocycles. The molecule has 2 aliphatic heterocycles. The first kappa shape index (κ1) is 20.6. The lowest BCUT2D eigenvalue weighted by atomic mass is 10.1. The van der Waals surface area contributed by atoms with E-state index < -0.39 is 9.84 Å². The van der Waals surface area contributed by atoms with Crippen molar-refractivity contribution in [1.82, 2.24) is 4.90 Å². The average molecular weight is 455 g/mol. The van der Waals surface area contributed by atoms with E-state index in [2.05, 4.69) is 4.90 Å². The first-order chi connectivity index (χ1) is 15.3. The Morgan fingerprint density at radius 1 is 1.00 bits per heavy atom. The van der Waals surface area contributed by atoms with E-state index in [1.807, 2.05) is 12.1 Å². The van der Waals surface area contributed by atoms with Gasteiger partial charge in [0.2, 0.25) is 18.0 Å². The molecule has 166 valence electrons. The Balaban J connectivity index is 1.21. The summed E-state index contributed by atoms with van der Waals surface area (Å²) in [6.07, 6.45) is 2.48. The second kappa shape index (κ2) is 7.99. The van der Waals surface area contributed by atoms with Crippen LogP contribution in [0.25, 0.3) is 0 Å². The number of benzene rings is 2. The Bertz CT molecular complexity index is 1300. The van der Waals surface area contributed by atoms with Crippen molar-refractivity contribution < 1.29 is 27.0 Å². The van der Waals surface area contributed by atoms with Gasteiger partial charge in [-0.1, -0.05) is 12.1 Å². The Morgan fingerprint density at radius 3 is 2.25 bits per heavy atom. The van der Waals surface area contributed by atoms with Crippen LogP contribution in [0.1, 0.15) is 22.5 Å². The Hall–Kier alpha value is -3.30. The van der Waals surface area contributed by atoms with Crippen molar-refractivity contribution in [3.63, 3.8) is 0 Å². The summed E-state index contributed by atoms with van der Waals surface area (Å²) in [5, 5.41) is 0. The predicted octanol–water partition coefficient (Wildman–Crippen LogP) is 2.87. The number of nitrogens with zero attached hydrogens (tertiary/aromatic N) is 1. The van der Waals surface area contributed by atoms with Gasteiger partial charge >= 0.3 is 0 Å². The minimum absolute atomic E-state index is 0.108. The van der Waals surface area contributed by atoms with Crippen molar-refractivity contribution in [2.45, 2.75) is 31.1 Å². The standard InChI is InChI=1S/C23H21NO7S/c1-32(26,27)19-4-2-15(3-5-19)12-29-23-13-28-18(8-20(23)25)11-24-9-16-6-21-22(31-14-30-21)7-17(16)10-24/h2-8,13H,9-12,14H2,1H3. The summed E-state index contributed by atoms with van der Waals surface area (Å²) >= 11 is 0.